The molecule has 0 aromatic rings. The second-order valence-corrected chi connectivity index (χ2v) is 10.4. The zero-order valence-corrected chi connectivity index (χ0v) is 18.3. The molecule has 2 aliphatic heterocycles. The molecular weight excluding hydrogens is 427 g/mol. The van der Waals surface area contributed by atoms with Crippen molar-refractivity contribution in [2.45, 2.75) is 73.4 Å². The number of alkyl halides is 4. The number of nitrogens with zero attached hydrogens (tertiary/aromatic N) is 1. The molecule has 29 heavy (non-hydrogen) atoms. The summed E-state index contributed by atoms with van der Waals surface area (Å²) < 4.78 is 39.5. The maximum Gasteiger partial charge on any atom is 0.393 e. The highest BCUT2D eigenvalue weighted by Crippen LogP contribution is 2.37. The highest BCUT2D eigenvalue weighted by Gasteiger charge is 2.48. The van der Waals surface area contributed by atoms with Gasteiger partial charge in [-0.1, -0.05) is 13.3 Å². The average molecular weight is 458 g/mol. The smallest absolute Gasteiger partial charge is 0.352 e. The maximum absolute atomic E-state index is 13.2. The number of hydrazine groups is 1. The van der Waals surface area contributed by atoms with Gasteiger partial charge in [-0.3, -0.25) is 9.69 Å². The Morgan fingerprint density at radius 1 is 1.31 bits per heavy atom. The first-order valence-corrected chi connectivity index (χ1v) is 11.6. The van der Waals surface area contributed by atoms with E-state index in [4.69, 9.17) is 11.6 Å². The number of nitrogens with one attached hydrogen (secondary N) is 4. The van der Waals surface area contributed by atoms with E-state index >= 15 is 0 Å². The van der Waals surface area contributed by atoms with E-state index in [2.05, 4.69) is 40.4 Å². The van der Waals surface area contributed by atoms with Gasteiger partial charge in [0.1, 0.15) is 5.50 Å². The predicted molar refractivity (Wildman–Crippen MR) is 109 cm³/mol. The molecule has 3 aliphatic rings. The maximum atomic E-state index is 13.2. The van der Waals surface area contributed by atoms with E-state index in [-0.39, 0.29) is 30.4 Å². The summed E-state index contributed by atoms with van der Waals surface area (Å²) in [5.74, 6) is -1.53. The SMILES string of the molecule is C[C@H](SC1NNCN1C)C1CCCC(NC(=O)C2CC(C(F)(F)F)C(Cl)CN2)C1. The number of piperidine rings is 1. The number of hydrogen-bond acceptors (Lipinski definition) is 6. The number of carbonyl (C=O) groups excluding carboxylic acids is 1. The first-order chi connectivity index (χ1) is 13.6. The molecule has 0 aromatic heterocycles. The molecule has 1 aliphatic carbocycles. The predicted octanol–water partition coefficient (Wildman–Crippen LogP) is 2.21. The van der Waals surface area contributed by atoms with Crippen molar-refractivity contribution in [3.05, 3.63) is 0 Å². The van der Waals surface area contributed by atoms with Crippen LogP contribution in [0.3, 0.4) is 0 Å². The summed E-state index contributed by atoms with van der Waals surface area (Å²) in [4.78, 5) is 14.8. The van der Waals surface area contributed by atoms with E-state index in [1.54, 1.807) is 0 Å². The third-order valence-electron chi connectivity index (χ3n) is 6.25. The number of amides is 1. The van der Waals surface area contributed by atoms with E-state index in [0.717, 1.165) is 32.4 Å². The van der Waals surface area contributed by atoms with Gasteiger partial charge in [0.15, 0.2) is 0 Å². The minimum atomic E-state index is -4.38. The molecule has 3 fully saturated rings. The summed E-state index contributed by atoms with van der Waals surface area (Å²) in [5.41, 5.74) is 6.58. The first-order valence-electron chi connectivity index (χ1n) is 10.2. The van der Waals surface area contributed by atoms with Crippen LogP contribution in [-0.4, -0.2) is 65.5 Å². The lowest BCUT2D eigenvalue weighted by Crippen LogP contribution is -2.56. The lowest BCUT2D eigenvalue weighted by molar-refractivity contribution is -0.182. The van der Waals surface area contributed by atoms with Gasteiger partial charge in [-0.15, -0.1) is 23.4 Å². The molecule has 3 rings (SSSR count). The molecule has 11 heteroatoms. The molecule has 2 saturated heterocycles. The van der Waals surface area contributed by atoms with Crippen LogP contribution < -0.4 is 21.5 Å². The fraction of sp³-hybridized carbons (Fsp3) is 0.944. The van der Waals surface area contributed by atoms with Gasteiger partial charge >= 0.3 is 6.18 Å². The molecular formula is C18H31ClF3N5OS. The van der Waals surface area contributed by atoms with E-state index in [9.17, 15) is 18.0 Å². The Balaban J connectivity index is 1.50. The average Bonchev–Trinajstić information content (AvgIpc) is 3.06. The van der Waals surface area contributed by atoms with Crippen LogP contribution in [-0.2, 0) is 4.79 Å². The van der Waals surface area contributed by atoms with Crippen molar-refractivity contribution in [3.8, 4) is 0 Å². The van der Waals surface area contributed by atoms with Crippen LogP contribution in [0.2, 0.25) is 0 Å². The minimum Gasteiger partial charge on any atom is -0.352 e. The standard InChI is InChI=1S/C18H31ClF3N5OS/c1-10(29-17-26-24-9-27(17)2)11-4-3-5-12(6-11)25-16(28)15-7-13(18(20,21)22)14(19)8-23-15/h10-15,17,23-24,26H,3-9H2,1-2H3,(H,25,28)/t10-,11?,12?,13?,14?,15?,17?/m0/s1. The van der Waals surface area contributed by atoms with Crippen molar-refractivity contribution < 1.29 is 18.0 Å². The van der Waals surface area contributed by atoms with E-state index in [1.165, 1.54) is 0 Å². The van der Waals surface area contributed by atoms with Crippen LogP contribution >= 0.6 is 23.4 Å². The monoisotopic (exact) mass is 457 g/mol. The van der Waals surface area contributed by atoms with Crippen molar-refractivity contribution in [3.63, 3.8) is 0 Å². The summed E-state index contributed by atoms with van der Waals surface area (Å²) >= 11 is 7.70. The van der Waals surface area contributed by atoms with Gasteiger partial charge in [-0.05, 0) is 38.6 Å². The zero-order valence-electron chi connectivity index (χ0n) is 16.8. The Kier molecular flexibility index (Phi) is 8.00. The summed E-state index contributed by atoms with van der Waals surface area (Å²) in [6.45, 7) is 3.00. The van der Waals surface area contributed by atoms with Crippen LogP contribution in [0, 0.1) is 11.8 Å². The van der Waals surface area contributed by atoms with Crippen molar-refractivity contribution in [1.29, 1.82) is 0 Å². The van der Waals surface area contributed by atoms with Crippen molar-refractivity contribution in [2.75, 3.05) is 20.3 Å². The largest absolute Gasteiger partial charge is 0.393 e. The van der Waals surface area contributed by atoms with Crippen molar-refractivity contribution in [2.24, 2.45) is 11.8 Å². The van der Waals surface area contributed by atoms with Crippen molar-refractivity contribution >= 4 is 29.3 Å². The molecule has 0 radical (unpaired) electrons. The van der Waals surface area contributed by atoms with Gasteiger partial charge in [0.25, 0.3) is 0 Å². The normalized spacial score (nSPS) is 38.0. The van der Waals surface area contributed by atoms with Gasteiger partial charge < -0.3 is 10.6 Å². The van der Waals surface area contributed by atoms with E-state index < -0.39 is 23.5 Å². The van der Waals surface area contributed by atoms with Gasteiger partial charge in [0.2, 0.25) is 5.91 Å². The van der Waals surface area contributed by atoms with Crippen LogP contribution in [0.4, 0.5) is 13.2 Å². The molecule has 0 bridgehead atoms. The number of hydrogen-bond donors (Lipinski definition) is 4. The Hall–Kier alpha value is -0.260. The van der Waals surface area contributed by atoms with Gasteiger partial charge in [-0.2, -0.15) is 13.2 Å². The second-order valence-electron chi connectivity index (χ2n) is 8.42. The Morgan fingerprint density at radius 3 is 2.72 bits per heavy atom. The summed E-state index contributed by atoms with van der Waals surface area (Å²) in [7, 11) is 2.05. The van der Waals surface area contributed by atoms with Crippen LogP contribution in [0.25, 0.3) is 0 Å². The summed E-state index contributed by atoms with van der Waals surface area (Å²) in [6.07, 6.45) is -0.839. The lowest BCUT2D eigenvalue weighted by atomic mass is 9.83. The second kappa shape index (κ2) is 9.91. The molecule has 2 heterocycles. The van der Waals surface area contributed by atoms with Crippen LogP contribution in [0.1, 0.15) is 39.0 Å². The summed E-state index contributed by atoms with van der Waals surface area (Å²) in [6, 6.07) is -0.831. The molecule has 1 saturated carbocycles. The Labute approximate surface area is 179 Å². The number of thioether (sulfide) groups is 1. The Bertz CT molecular complexity index is 572. The van der Waals surface area contributed by atoms with E-state index in [1.807, 2.05) is 11.8 Å². The molecule has 0 spiro atoms. The summed E-state index contributed by atoms with van der Waals surface area (Å²) in [5, 5.41) is 5.26. The number of carbonyl (C=O) groups is 1. The third kappa shape index (κ3) is 6.13. The van der Waals surface area contributed by atoms with Gasteiger partial charge in [-0.25, -0.2) is 10.9 Å². The zero-order chi connectivity index (χ0) is 21.2. The third-order valence-corrected chi connectivity index (χ3v) is 8.25. The number of halogens is 4. The van der Waals surface area contributed by atoms with Crippen LogP contribution in [0.15, 0.2) is 0 Å². The van der Waals surface area contributed by atoms with Gasteiger partial charge in [0, 0.05) is 17.8 Å². The lowest BCUT2D eigenvalue weighted by Gasteiger charge is -2.37. The number of rotatable bonds is 5. The van der Waals surface area contributed by atoms with Crippen LogP contribution in [0.5, 0.6) is 0 Å². The quantitative estimate of drug-likeness (QED) is 0.475. The first kappa shape index (κ1) is 23.4. The fourth-order valence-electron chi connectivity index (χ4n) is 4.41. The molecule has 4 N–H and O–H groups in total. The molecule has 7 atom stereocenters. The molecule has 0 aromatic carbocycles. The highest BCUT2D eigenvalue weighted by molar-refractivity contribution is 8.00. The molecule has 168 valence electrons. The molecule has 1 amide bonds. The van der Waals surface area contributed by atoms with Crippen molar-refractivity contribution in [1.82, 2.24) is 26.4 Å². The fourth-order valence-corrected chi connectivity index (χ4v) is 6.05. The highest BCUT2D eigenvalue weighted by atomic mass is 35.5. The molecule has 6 nitrogen and oxygen atoms in total. The Morgan fingerprint density at radius 2 is 2.07 bits per heavy atom. The topological polar surface area (TPSA) is 68.4 Å². The minimum absolute atomic E-state index is 0.0107. The van der Waals surface area contributed by atoms with E-state index in [0.29, 0.717) is 11.2 Å². The molecule has 6 unspecified atom stereocenters. The van der Waals surface area contributed by atoms with Gasteiger partial charge in [0.05, 0.1) is 24.0 Å².